The van der Waals surface area contributed by atoms with Crippen LogP contribution in [0.5, 0.6) is 0 Å². The maximum atomic E-state index is 11.3. The molecule has 0 radical (unpaired) electrons. The van der Waals surface area contributed by atoms with E-state index in [2.05, 4.69) is 32.0 Å². The quantitative estimate of drug-likeness (QED) is 0.509. The van der Waals surface area contributed by atoms with Gasteiger partial charge in [-0.3, -0.25) is 20.0 Å². The third-order valence-corrected chi connectivity index (χ3v) is 5.27. The number of nitro benzene ring substituents is 1. The maximum absolute atomic E-state index is 11.3. The summed E-state index contributed by atoms with van der Waals surface area (Å²) in [5, 5.41) is 16.2. The van der Waals surface area contributed by atoms with Gasteiger partial charge in [0.2, 0.25) is 0 Å². The van der Waals surface area contributed by atoms with Crippen molar-refractivity contribution in [2.45, 2.75) is 13.0 Å². The number of hydrogen-bond donors (Lipinski definition) is 1. The minimum atomic E-state index is -0.363. The van der Waals surface area contributed by atoms with Gasteiger partial charge in [0, 0.05) is 74.5 Å². The average Bonchev–Trinajstić information content (AvgIpc) is 2.75. The first-order valence-electron chi connectivity index (χ1n) is 9.78. The first kappa shape index (κ1) is 19.1. The average molecular weight is 392 g/mol. The van der Waals surface area contributed by atoms with Crippen molar-refractivity contribution in [2.75, 3.05) is 42.9 Å². The second kappa shape index (κ2) is 8.40. The summed E-state index contributed by atoms with van der Waals surface area (Å²) in [6.45, 7) is 6.91. The number of non-ortho nitro benzene ring substituents is 1. The highest BCUT2D eigenvalue weighted by atomic mass is 16.6. The van der Waals surface area contributed by atoms with Gasteiger partial charge < -0.3 is 10.2 Å². The van der Waals surface area contributed by atoms with Gasteiger partial charge in [-0.1, -0.05) is 6.07 Å². The SMILES string of the molecule is CC(CN1CCN(c2ccccn2)CC1)Nc1ccc([N+](=O)[O-])c2cnccc12. The van der Waals surface area contributed by atoms with Gasteiger partial charge in [0.15, 0.2) is 0 Å². The molecular weight excluding hydrogens is 368 g/mol. The summed E-state index contributed by atoms with van der Waals surface area (Å²) in [6.07, 6.45) is 5.05. The Bertz CT molecular complexity index is 989. The molecule has 4 rings (SSSR count). The molecule has 150 valence electrons. The van der Waals surface area contributed by atoms with Crippen molar-refractivity contribution in [2.24, 2.45) is 0 Å². The summed E-state index contributed by atoms with van der Waals surface area (Å²) in [4.78, 5) is 24.2. The number of aromatic nitrogens is 2. The molecule has 1 aliphatic heterocycles. The van der Waals surface area contributed by atoms with Gasteiger partial charge in [0.25, 0.3) is 5.69 Å². The molecule has 0 saturated carbocycles. The number of fused-ring (bicyclic) bond motifs is 1. The van der Waals surface area contributed by atoms with Gasteiger partial charge >= 0.3 is 0 Å². The lowest BCUT2D eigenvalue weighted by Gasteiger charge is -2.36. The number of nitrogens with one attached hydrogen (secondary N) is 1. The Hall–Kier alpha value is -3.26. The van der Waals surface area contributed by atoms with Crippen molar-refractivity contribution < 1.29 is 4.92 Å². The Morgan fingerprint density at radius 3 is 2.66 bits per heavy atom. The molecule has 3 heterocycles. The number of nitro groups is 1. The summed E-state index contributed by atoms with van der Waals surface area (Å²) in [7, 11) is 0. The predicted molar refractivity (Wildman–Crippen MR) is 114 cm³/mol. The third kappa shape index (κ3) is 4.27. The van der Waals surface area contributed by atoms with Crippen LogP contribution in [0.25, 0.3) is 10.8 Å². The fourth-order valence-corrected chi connectivity index (χ4v) is 3.86. The molecule has 1 N–H and O–H groups in total. The minimum Gasteiger partial charge on any atom is -0.381 e. The molecule has 1 fully saturated rings. The smallest absolute Gasteiger partial charge is 0.278 e. The van der Waals surface area contributed by atoms with Gasteiger partial charge in [-0.15, -0.1) is 0 Å². The Morgan fingerprint density at radius 2 is 1.93 bits per heavy atom. The molecule has 1 saturated heterocycles. The molecule has 1 aromatic carbocycles. The summed E-state index contributed by atoms with van der Waals surface area (Å²) in [6, 6.07) is 11.4. The number of pyridine rings is 2. The van der Waals surface area contributed by atoms with E-state index in [0.717, 1.165) is 49.6 Å². The first-order chi connectivity index (χ1) is 14.1. The number of benzene rings is 1. The Kier molecular flexibility index (Phi) is 5.53. The van der Waals surface area contributed by atoms with E-state index in [-0.39, 0.29) is 16.7 Å². The zero-order valence-electron chi connectivity index (χ0n) is 16.4. The second-order valence-electron chi connectivity index (χ2n) is 7.33. The molecule has 1 aliphatic rings. The van der Waals surface area contributed by atoms with Crippen molar-refractivity contribution in [3.63, 3.8) is 0 Å². The topological polar surface area (TPSA) is 87.4 Å². The molecule has 1 unspecified atom stereocenters. The van der Waals surface area contributed by atoms with Crippen molar-refractivity contribution in [1.82, 2.24) is 14.9 Å². The van der Waals surface area contributed by atoms with E-state index in [4.69, 9.17) is 0 Å². The van der Waals surface area contributed by atoms with E-state index >= 15 is 0 Å². The van der Waals surface area contributed by atoms with Crippen molar-refractivity contribution in [1.29, 1.82) is 0 Å². The highest BCUT2D eigenvalue weighted by molar-refractivity contribution is 5.99. The van der Waals surface area contributed by atoms with Gasteiger partial charge in [0.05, 0.1) is 10.3 Å². The lowest BCUT2D eigenvalue weighted by atomic mass is 10.1. The monoisotopic (exact) mass is 392 g/mol. The Labute approximate surface area is 169 Å². The summed E-state index contributed by atoms with van der Waals surface area (Å²) < 4.78 is 0. The van der Waals surface area contributed by atoms with Crippen LogP contribution < -0.4 is 10.2 Å². The van der Waals surface area contributed by atoms with Gasteiger partial charge in [-0.2, -0.15) is 0 Å². The van der Waals surface area contributed by atoms with Crippen LogP contribution in [-0.2, 0) is 0 Å². The normalized spacial score (nSPS) is 16.0. The van der Waals surface area contributed by atoms with Crippen LogP contribution in [-0.4, -0.2) is 58.6 Å². The van der Waals surface area contributed by atoms with Crippen LogP contribution in [0.4, 0.5) is 17.2 Å². The zero-order chi connectivity index (χ0) is 20.2. The maximum Gasteiger partial charge on any atom is 0.278 e. The summed E-state index contributed by atoms with van der Waals surface area (Å²) in [5.74, 6) is 1.03. The largest absolute Gasteiger partial charge is 0.381 e. The van der Waals surface area contributed by atoms with Crippen LogP contribution in [0.15, 0.2) is 55.0 Å². The lowest BCUT2D eigenvalue weighted by Crippen LogP contribution is -2.49. The first-order valence-corrected chi connectivity index (χ1v) is 9.78. The van der Waals surface area contributed by atoms with Gasteiger partial charge in [-0.05, 0) is 31.2 Å². The molecule has 29 heavy (non-hydrogen) atoms. The second-order valence-corrected chi connectivity index (χ2v) is 7.33. The molecule has 8 heteroatoms. The molecular formula is C21H24N6O2. The molecule has 8 nitrogen and oxygen atoms in total. The van der Waals surface area contributed by atoms with Crippen LogP contribution >= 0.6 is 0 Å². The summed E-state index contributed by atoms with van der Waals surface area (Å²) >= 11 is 0. The fourth-order valence-electron chi connectivity index (χ4n) is 3.86. The zero-order valence-corrected chi connectivity index (χ0v) is 16.4. The molecule has 3 aromatic rings. The number of piperazine rings is 1. The summed E-state index contributed by atoms with van der Waals surface area (Å²) in [5.41, 5.74) is 0.976. The van der Waals surface area contributed by atoms with E-state index in [9.17, 15) is 10.1 Å². The number of nitrogens with zero attached hydrogens (tertiary/aromatic N) is 5. The lowest BCUT2D eigenvalue weighted by molar-refractivity contribution is -0.383. The van der Waals surface area contributed by atoms with Crippen LogP contribution in [0.2, 0.25) is 0 Å². The van der Waals surface area contributed by atoms with E-state index in [1.54, 1.807) is 24.5 Å². The van der Waals surface area contributed by atoms with Crippen LogP contribution in [0.1, 0.15) is 6.92 Å². The van der Waals surface area contributed by atoms with E-state index < -0.39 is 0 Å². The highest BCUT2D eigenvalue weighted by Gasteiger charge is 2.20. The van der Waals surface area contributed by atoms with Crippen molar-refractivity contribution >= 4 is 28.0 Å². The van der Waals surface area contributed by atoms with Crippen LogP contribution in [0, 0.1) is 10.1 Å². The van der Waals surface area contributed by atoms with Gasteiger partial charge in [0.1, 0.15) is 5.82 Å². The fraction of sp³-hybridized carbons (Fsp3) is 0.333. The van der Waals surface area contributed by atoms with Crippen molar-refractivity contribution in [3.8, 4) is 0 Å². The number of hydrogen-bond acceptors (Lipinski definition) is 7. The number of anilines is 2. The third-order valence-electron chi connectivity index (χ3n) is 5.27. The number of rotatable bonds is 6. The Balaban J connectivity index is 1.39. The molecule has 0 bridgehead atoms. The molecule has 0 spiro atoms. The molecule has 0 aliphatic carbocycles. The molecule has 2 aromatic heterocycles. The minimum absolute atomic E-state index is 0.0805. The van der Waals surface area contributed by atoms with E-state index in [0.29, 0.717) is 5.39 Å². The highest BCUT2D eigenvalue weighted by Crippen LogP contribution is 2.31. The molecule has 1 atom stereocenters. The standard InChI is InChI=1S/C21H24N6O2/c1-16(15-25-10-12-26(13-11-25)21-4-2-3-8-23-21)24-19-5-6-20(27(28)29)18-14-22-9-7-17(18)19/h2-9,14,16,24H,10-13,15H2,1H3. The van der Waals surface area contributed by atoms with E-state index in [1.165, 1.54) is 0 Å². The molecule has 0 amide bonds. The van der Waals surface area contributed by atoms with Gasteiger partial charge in [-0.25, -0.2) is 4.98 Å². The predicted octanol–water partition coefficient (Wildman–Crippen LogP) is 3.16. The Morgan fingerprint density at radius 1 is 1.10 bits per heavy atom. The van der Waals surface area contributed by atoms with E-state index in [1.807, 2.05) is 30.5 Å². The van der Waals surface area contributed by atoms with Crippen molar-refractivity contribution in [3.05, 3.63) is 65.1 Å². The van der Waals surface area contributed by atoms with Crippen LogP contribution in [0.3, 0.4) is 0 Å².